The molecule has 2 aliphatic heterocycles. The van der Waals surface area contributed by atoms with Gasteiger partial charge in [-0.1, -0.05) is 5.16 Å². The lowest BCUT2D eigenvalue weighted by Crippen LogP contribution is -2.55. The number of rotatable bonds is 4. The van der Waals surface area contributed by atoms with Crippen LogP contribution in [0.4, 0.5) is 0 Å². The normalized spacial score (nSPS) is 22.9. The molecule has 2 aliphatic rings. The highest BCUT2D eigenvalue weighted by Crippen LogP contribution is 2.39. The molecule has 1 spiro atoms. The smallest absolute Gasteiger partial charge is 0.259 e. The third-order valence-electron chi connectivity index (χ3n) is 6.15. The number of aromatic amines is 1. The fraction of sp³-hybridized carbons (Fsp3) is 0.600. The number of carbonyl (C=O) groups is 2. The summed E-state index contributed by atoms with van der Waals surface area (Å²) < 4.78 is 5.18. The highest BCUT2D eigenvalue weighted by molar-refractivity contribution is 5.96. The van der Waals surface area contributed by atoms with E-state index in [-0.39, 0.29) is 17.2 Å². The molecule has 2 saturated heterocycles. The third-order valence-corrected chi connectivity index (χ3v) is 6.15. The lowest BCUT2D eigenvalue weighted by atomic mass is 9.73. The Morgan fingerprint density at radius 2 is 2.18 bits per heavy atom. The minimum absolute atomic E-state index is 0.00349. The molecule has 2 amide bonds. The van der Waals surface area contributed by atoms with Gasteiger partial charge in [0, 0.05) is 56.3 Å². The Labute approximate surface area is 164 Å². The summed E-state index contributed by atoms with van der Waals surface area (Å²) in [5, 5.41) is 3.92. The summed E-state index contributed by atoms with van der Waals surface area (Å²) in [4.78, 5) is 36.6. The van der Waals surface area contributed by atoms with Crippen LogP contribution < -0.4 is 0 Å². The average Bonchev–Trinajstić information content (AvgIpc) is 3.32. The molecule has 0 bridgehead atoms. The molecule has 28 heavy (non-hydrogen) atoms. The quantitative estimate of drug-likeness (QED) is 0.870. The van der Waals surface area contributed by atoms with Crippen LogP contribution in [-0.2, 0) is 11.2 Å². The molecule has 8 heteroatoms. The Kier molecular flexibility index (Phi) is 4.95. The van der Waals surface area contributed by atoms with Crippen LogP contribution in [0.1, 0.15) is 53.2 Å². The summed E-state index contributed by atoms with van der Waals surface area (Å²) in [6, 6.07) is 0. The van der Waals surface area contributed by atoms with Crippen LogP contribution in [0.2, 0.25) is 0 Å². The van der Waals surface area contributed by atoms with Gasteiger partial charge in [-0.15, -0.1) is 0 Å². The Hall–Kier alpha value is -2.64. The number of aromatic nitrogens is 3. The highest BCUT2D eigenvalue weighted by atomic mass is 16.5. The van der Waals surface area contributed by atoms with Crippen molar-refractivity contribution in [2.45, 2.75) is 46.0 Å². The predicted octanol–water partition coefficient (Wildman–Crippen LogP) is 2.10. The van der Waals surface area contributed by atoms with Crippen molar-refractivity contribution in [3.63, 3.8) is 0 Å². The van der Waals surface area contributed by atoms with Crippen molar-refractivity contribution in [3.05, 3.63) is 35.2 Å². The first-order valence-electron chi connectivity index (χ1n) is 9.95. The van der Waals surface area contributed by atoms with Crippen LogP contribution in [0.25, 0.3) is 0 Å². The van der Waals surface area contributed by atoms with Gasteiger partial charge in [0.2, 0.25) is 5.91 Å². The molecule has 0 aromatic carbocycles. The number of carbonyl (C=O) groups excluding carboxylic acids is 2. The van der Waals surface area contributed by atoms with E-state index >= 15 is 0 Å². The largest absolute Gasteiger partial charge is 0.361 e. The van der Waals surface area contributed by atoms with Gasteiger partial charge in [0.1, 0.15) is 11.3 Å². The second kappa shape index (κ2) is 7.41. The van der Waals surface area contributed by atoms with Gasteiger partial charge in [-0.25, -0.2) is 4.98 Å². The van der Waals surface area contributed by atoms with Crippen molar-refractivity contribution in [2.24, 2.45) is 5.41 Å². The Bertz CT molecular complexity index is 840. The van der Waals surface area contributed by atoms with Gasteiger partial charge < -0.3 is 19.3 Å². The number of hydrogen-bond donors (Lipinski definition) is 1. The summed E-state index contributed by atoms with van der Waals surface area (Å²) >= 11 is 0. The summed E-state index contributed by atoms with van der Waals surface area (Å²) in [6.45, 7) is 6.41. The summed E-state index contributed by atoms with van der Waals surface area (Å²) in [5.41, 5.74) is 2.24. The Morgan fingerprint density at radius 1 is 1.32 bits per heavy atom. The Balaban J connectivity index is 1.46. The maximum Gasteiger partial charge on any atom is 0.259 e. The molecule has 0 radical (unpaired) electrons. The van der Waals surface area contributed by atoms with E-state index in [0.29, 0.717) is 43.1 Å². The van der Waals surface area contributed by atoms with Crippen LogP contribution in [0.15, 0.2) is 17.0 Å². The van der Waals surface area contributed by atoms with Gasteiger partial charge in [-0.3, -0.25) is 9.59 Å². The monoisotopic (exact) mass is 385 g/mol. The van der Waals surface area contributed by atoms with Gasteiger partial charge >= 0.3 is 0 Å². The maximum atomic E-state index is 13.1. The van der Waals surface area contributed by atoms with E-state index in [0.717, 1.165) is 37.9 Å². The zero-order valence-corrected chi connectivity index (χ0v) is 16.5. The zero-order chi connectivity index (χ0) is 19.7. The maximum absolute atomic E-state index is 13.1. The molecule has 2 aromatic heterocycles. The molecule has 8 nitrogen and oxygen atoms in total. The first-order valence-corrected chi connectivity index (χ1v) is 9.95. The predicted molar refractivity (Wildman–Crippen MR) is 102 cm³/mol. The molecule has 4 heterocycles. The molecular formula is C20H27N5O3. The zero-order valence-electron chi connectivity index (χ0n) is 16.5. The molecule has 0 saturated carbocycles. The molecule has 0 aliphatic carbocycles. The molecule has 4 rings (SSSR count). The summed E-state index contributed by atoms with van der Waals surface area (Å²) in [7, 11) is 0. The second-order valence-electron chi connectivity index (χ2n) is 8.17. The number of hydrogen-bond acceptors (Lipinski definition) is 5. The number of amides is 2. The molecular weight excluding hydrogens is 358 g/mol. The van der Waals surface area contributed by atoms with Crippen molar-refractivity contribution in [1.29, 1.82) is 0 Å². The van der Waals surface area contributed by atoms with Crippen molar-refractivity contribution < 1.29 is 14.1 Å². The number of likely N-dealkylation sites (tertiary alicyclic amines) is 2. The van der Waals surface area contributed by atoms with Crippen LogP contribution in [0.3, 0.4) is 0 Å². The fourth-order valence-corrected chi connectivity index (χ4v) is 4.64. The number of aryl methyl sites for hydroxylation is 2. The SMILES string of the molecule is Cc1noc(C)c1C(=O)N1CCC[C@@]2(CCC(=O)N(CCc3cnc[nH]3)C2)C1. The van der Waals surface area contributed by atoms with Crippen LogP contribution in [-0.4, -0.2) is 62.9 Å². The van der Waals surface area contributed by atoms with E-state index in [2.05, 4.69) is 15.1 Å². The first kappa shape index (κ1) is 18.7. The number of nitrogens with one attached hydrogen (secondary N) is 1. The minimum atomic E-state index is -0.0191. The summed E-state index contributed by atoms with van der Waals surface area (Å²) in [5.74, 6) is 0.776. The number of imidazole rings is 1. The lowest BCUT2D eigenvalue weighted by molar-refractivity contribution is -0.138. The van der Waals surface area contributed by atoms with Gasteiger partial charge in [0.15, 0.2) is 0 Å². The van der Waals surface area contributed by atoms with Crippen molar-refractivity contribution in [2.75, 3.05) is 26.2 Å². The molecule has 1 N–H and O–H groups in total. The minimum Gasteiger partial charge on any atom is -0.361 e. The van der Waals surface area contributed by atoms with E-state index in [1.165, 1.54) is 0 Å². The van der Waals surface area contributed by atoms with Crippen LogP contribution in [0.5, 0.6) is 0 Å². The van der Waals surface area contributed by atoms with E-state index in [4.69, 9.17) is 4.52 Å². The van der Waals surface area contributed by atoms with E-state index in [1.54, 1.807) is 26.4 Å². The van der Waals surface area contributed by atoms with Gasteiger partial charge in [0.05, 0.1) is 12.0 Å². The number of piperidine rings is 2. The molecule has 0 unspecified atom stereocenters. The topological polar surface area (TPSA) is 95.3 Å². The highest BCUT2D eigenvalue weighted by Gasteiger charge is 2.43. The molecule has 150 valence electrons. The van der Waals surface area contributed by atoms with E-state index in [1.807, 2.05) is 9.80 Å². The average molecular weight is 385 g/mol. The summed E-state index contributed by atoms with van der Waals surface area (Å²) in [6.07, 6.45) is 7.63. The molecule has 2 aromatic rings. The Morgan fingerprint density at radius 3 is 2.89 bits per heavy atom. The first-order chi connectivity index (χ1) is 13.5. The molecule has 2 fully saturated rings. The second-order valence-corrected chi connectivity index (χ2v) is 8.17. The van der Waals surface area contributed by atoms with Crippen LogP contribution >= 0.6 is 0 Å². The number of H-pyrrole nitrogens is 1. The fourth-order valence-electron chi connectivity index (χ4n) is 4.64. The van der Waals surface area contributed by atoms with Gasteiger partial charge in [-0.05, 0) is 33.1 Å². The van der Waals surface area contributed by atoms with E-state index in [9.17, 15) is 9.59 Å². The lowest BCUT2D eigenvalue weighted by Gasteiger charge is -2.48. The van der Waals surface area contributed by atoms with Crippen molar-refractivity contribution in [3.8, 4) is 0 Å². The van der Waals surface area contributed by atoms with E-state index < -0.39 is 0 Å². The van der Waals surface area contributed by atoms with Gasteiger partial charge in [0.25, 0.3) is 5.91 Å². The van der Waals surface area contributed by atoms with Gasteiger partial charge in [-0.2, -0.15) is 0 Å². The van der Waals surface area contributed by atoms with Crippen molar-refractivity contribution in [1.82, 2.24) is 24.9 Å². The van der Waals surface area contributed by atoms with Crippen LogP contribution in [0, 0.1) is 19.3 Å². The number of nitrogens with zero attached hydrogens (tertiary/aromatic N) is 4. The van der Waals surface area contributed by atoms with Crippen molar-refractivity contribution >= 4 is 11.8 Å². The standard InChI is InChI=1S/C20H27N5O3/c1-14-18(15(2)28-23-14)19(27)25-8-3-6-20(12-25)7-4-17(26)24(11-20)9-5-16-10-21-13-22-16/h10,13H,3-9,11-12H2,1-2H3,(H,21,22)/t20-/m0/s1. The third kappa shape index (κ3) is 3.55. The molecule has 1 atom stereocenters.